The van der Waals surface area contributed by atoms with Gasteiger partial charge in [-0.1, -0.05) is 69.7 Å². The molecule has 0 aliphatic rings. The van der Waals surface area contributed by atoms with Crippen LogP contribution in [0.1, 0.15) is 63.0 Å². The van der Waals surface area contributed by atoms with Crippen molar-refractivity contribution in [3.8, 4) is 28.4 Å². The molecule has 0 saturated carbocycles. The molecule has 0 saturated heterocycles. The normalized spacial score (nSPS) is 12.0. The number of aryl methyl sites for hydroxylation is 1. The van der Waals surface area contributed by atoms with Crippen molar-refractivity contribution in [2.75, 3.05) is 0 Å². The SMILES string of the molecule is CCCCCCCCCc1ccc(-c2c(O)cc(F)c(C(F)(F)Oc3ccc(OC(F)(F)F)cc3)c2F)cc1. The second-order valence-electron chi connectivity index (χ2n) is 9.15. The lowest BCUT2D eigenvalue weighted by atomic mass is 9.97. The maximum Gasteiger partial charge on any atom is 0.573 e. The fourth-order valence-corrected chi connectivity index (χ4v) is 4.18. The molecule has 0 amide bonds. The largest absolute Gasteiger partial charge is 0.573 e. The maximum atomic E-state index is 15.3. The van der Waals surface area contributed by atoms with Crippen LogP contribution in [0.4, 0.5) is 30.7 Å². The number of hydrogen-bond acceptors (Lipinski definition) is 3. The smallest absolute Gasteiger partial charge is 0.507 e. The third-order valence-corrected chi connectivity index (χ3v) is 6.10. The molecule has 0 atom stereocenters. The van der Waals surface area contributed by atoms with Crippen LogP contribution in [0.25, 0.3) is 11.1 Å². The van der Waals surface area contributed by atoms with Crippen LogP contribution in [0.5, 0.6) is 17.2 Å². The molecule has 1 N–H and O–H groups in total. The first kappa shape index (κ1) is 30.1. The fourth-order valence-electron chi connectivity index (χ4n) is 4.18. The summed E-state index contributed by atoms with van der Waals surface area (Å²) < 4.78 is 105. The zero-order valence-corrected chi connectivity index (χ0v) is 21.3. The van der Waals surface area contributed by atoms with Crippen LogP contribution in [0.15, 0.2) is 54.6 Å². The average molecular weight is 559 g/mol. The van der Waals surface area contributed by atoms with Crippen molar-refractivity contribution in [1.82, 2.24) is 0 Å². The Balaban J connectivity index is 1.75. The minimum Gasteiger partial charge on any atom is -0.507 e. The number of benzene rings is 3. The van der Waals surface area contributed by atoms with E-state index in [4.69, 9.17) is 0 Å². The van der Waals surface area contributed by atoms with Gasteiger partial charge in [-0.2, -0.15) is 8.78 Å². The summed E-state index contributed by atoms with van der Waals surface area (Å²) in [5.74, 6) is -5.73. The highest BCUT2D eigenvalue weighted by Crippen LogP contribution is 2.42. The third kappa shape index (κ3) is 8.53. The van der Waals surface area contributed by atoms with Crippen LogP contribution < -0.4 is 9.47 Å². The van der Waals surface area contributed by atoms with Crippen molar-refractivity contribution < 1.29 is 45.3 Å². The molecule has 3 rings (SSSR count). The van der Waals surface area contributed by atoms with Gasteiger partial charge in [0.15, 0.2) is 5.82 Å². The van der Waals surface area contributed by atoms with Crippen molar-refractivity contribution in [3.63, 3.8) is 0 Å². The molecule has 3 nitrogen and oxygen atoms in total. The number of halogens is 7. The summed E-state index contributed by atoms with van der Waals surface area (Å²) in [7, 11) is 0. The molecule has 0 radical (unpaired) electrons. The van der Waals surface area contributed by atoms with Crippen LogP contribution in [0.3, 0.4) is 0 Å². The van der Waals surface area contributed by atoms with Crippen LogP contribution in [-0.4, -0.2) is 11.5 Å². The van der Waals surface area contributed by atoms with Gasteiger partial charge in [-0.05, 0) is 48.2 Å². The van der Waals surface area contributed by atoms with Crippen molar-refractivity contribution >= 4 is 0 Å². The fraction of sp³-hybridized carbons (Fsp3) is 0.379. The Morgan fingerprint density at radius 3 is 1.82 bits per heavy atom. The number of rotatable bonds is 13. The lowest BCUT2D eigenvalue weighted by Crippen LogP contribution is -2.25. The highest BCUT2D eigenvalue weighted by atomic mass is 19.4. The molecule has 3 aromatic carbocycles. The zero-order chi connectivity index (χ0) is 28.6. The van der Waals surface area contributed by atoms with Crippen molar-refractivity contribution in [2.45, 2.75) is 70.8 Å². The van der Waals surface area contributed by atoms with Gasteiger partial charge in [0.05, 0.1) is 5.56 Å². The molecule has 0 fully saturated rings. The molecule has 0 heterocycles. The molecule has 3 aromatic rings. The molecule has 39 heavy (non-hydrogen) atoms. The van der Waals surface area contributed by atoms with E-state index in [-0.39, 0.29) is 5.56 Å². The van der Waals surface area contributed by atoms with E-state index < -0.39 is 52.5 Å². The van der Waals surface area contributed by atoms with Gasteiger partial charge in [0.2, 0.25) is 0 Å². The molecule has 10 heteroatoms. The summed E-state index contributed by atoms with van der Waals surface area (Å²) in [4.78, 5) is 0. The summed E-state index contributed by atoms with van der Waals surface area (Å²) in [5.41, 5.74) is -1.38. The van der Waals surface area contributed by atoms with Crippen molar-refractivity contribution in [1.29, 1.82) is 0 Å². The molecule has 0 aliphatic heterocycles. The van der Waals surface area contributed by atoms with Gasteiger partial charge in [0.1, 0.15) is 28.6 Å². The molecule has 0 bridgehead atoms. The molecule has 0 spiro atoms. The van der Waals surface area contributed by atoms with Gasteiger partial charge in [-0.15, -0.1) is 13.2 Å². The van der Waals surface area contributed by atoms with Crippen LogP contribution >= 0.6 is 0 Å². The Labute approximate surface area is 222 Å². The van der Waals surface area contributed by atoms with Crippen LogP contribution in [-0.2, 0) is 12.5 Å². The first-order valence-corrected chi connectivity index (χ1v) is 12.6. The first-order chi connectivity index (χ1) is 18.4. The number of alkyl halides is 5. The van der Waals surface area contributed by atoms with E-state index in [9.17, 15) is 31.4 Å². The summed E-state index contributed by atoms with van der Waals surface area (Å²) in [6.07, 6.45) is -0.825. The van der Waals surface area contributed by atoms with Gasteiger partial charge in [0, 0.05) is 6.07 Å². The van der Waals surface area contributed by atoms with E-state index in [0.29, 0.717) is 18.2 Å². The average Bonchev–Trinajstić information content (AvgIpc) is 2.84. The summed E-state index contributed by atoms with van der Waals surface area (Å²) >= 11 is 0. The van der Waals surface area contributed by atoms with E-state index >= 15 is 4.39 Å². The molecule has 212 valence electrons. The maximum absolute atomic E-state index is 15.3. The van der Waals surface area contributed by atoms with E-state index in [0.717, 1.165) is 43.4 Å². The van der Waals surface area contributed by atoms with E-state index in [2.05, 4.69) is 16.4 Å². The van der Waals surface area contributed by atoms with Crippen LogP contribution in [0.2, 0.25) is 0 Å². The van der Waals surface area contributed by atoms with E-state index in [1.807, 2.05) is 0 Å². The molecule has 0 unspecified atom stereocenters. The van der Waals surface area contributed by atoms with Gasteiger partial charge in [-0.3, -0.25) is 0 Å². The Bertz CT molecular complexity index is 1210. The minimum atomic E-state index is -4.99. The zero-order valence-electron chi connectivity index (χ0n) is 21.3. The molecule has 0 aromatic heterocycles. The minimum absolute atomic E-state index is 0.0546. The number of aromatic hydroxyl groups is 1. The summed E-state index contributed by atoms with van der Waals surface area (Å²) in [5, 5.41) is 10.2. The Kier molecular flexibility index (Phi) is 10.1. The number of phenolic OH excluding ortho intramolecular Hbond substituents is 1. The number of ether oxygens (including phenoxy) is 2. The number of phenols is 1. The standard InChI is InChI=1S/C29H29F7O3/c1-2-3-4-5-6-7-8-9-19-10-12-20(13-11-19)25-24(37)18-23(30)26(27(25)31)28(32,33)38-21-14-16-22(17-15-21)39-29(34,35)36/h10-18,37H,2-9H2,1H3. The predicted octanol–water partition coefficient (Wildman–Crippen LogP) is 9.66. The molecular weight excluding hydrogens is 529 g/mol. The number of hydrogen-bond donors (Lipinski definition) is 1. The topological polar surface area (TPSA) is 38.7 Å². The van der Waals surface area contributed by atoms with Gasteiger partial charge < -0.3 is 14.6 Å². The lowest BCUT2D eigenvalue weighted by molar-refractivity contribution is -0.274. The Morgan fingerprint density at radius 1 is 0.718 bits per heavy atom. The summed E-state index contributed by atoms with van der Waals surface area (Å²) in [6.45, 7) is 2.16. The van der Waals surface area contributed by atoms with Gasteiger partial charge in [0.25, 0.3) is 0 Å². The van der Waals surface area contributed by atoms with Crippen molar-refractivity contribution in [3.05, 3.63) is 77.4 Å². The van der Waals surface area contributed by atoms with Crippen molar-refractivity contribution in [2.24, 2.45) is 0 Å². The second kappa shape index (κ2) is 13.1. The lowest BCUT2D eigenvalue weighted by Gasteiger charge is -2.21. The summed E-state index contributed by atoms with van der Waals surface area (Å²) in [6, 6.07) is 9.53. The number of unbranched alkanes of at least 4 members (excludes halogenated alkanes) is 6. The predicted molar refractivity (Wildman–Crippen MR) is 133 cm³/mol. The van der Waals surface area contributed by atoms with Gasteiger partial charge >= 0.3 is 12.5 Å². The van der Waals surface area contributed by atoms with E-state index in [1.54, 1.807) is 12.1 Å². The molecule has 0 aliphatic carbocycles. The second-order valence-corrected chi connectivity index (χ2v) is 9.15. The van der Waals surface area contributed by atoms with Crippen LogP contribution in [0, 0.1) is 11.6 Å². The monoisotopic (exact) mass is 558 g/mol. The third-order valence-electron chi connectivity index (χ3n) is 6.10. The molecular formula is C29H29F7O3. The van der Waals surface area contributed by atoms with E-state index in [1.165, 1.54) is 37.8 Å². The Hall–Kier alpha value is -3.43. The Morgan fingerprint density at radius 2 is 1.26 bits per heavy atom. The highest BCUT2D eigenvalue weighted by Gasteiger charge is 2.43. The first-order valence-electron chi connectivity index (χ1n) is 12.6. The van der Waals surface area contributed by atoms with Gasteiger partial charge in [-0.25, -0.2) is 8.78 Å². The highest BCUT2D eigenvalue weighted by molar-refractivity contribution is 5.72. The quantitative estimate of drug-likeness (QED) is 0.168.